The summed E-state index contributed by atoms with van der Waals surface area (Å²) in [7, 11) is -3.65. The van der Waals surface area contributed by atoms with Crippen molar-refractivity contribution in [1.29, 1.82) is 0 Å². The molecule has 0 spiro atoms. The Kier molecular flexibility index (Phi) is 5.09. The molecule has 0 atom stereocenters. The summed E-state index contributed by atoms with van der Waals surface area (Å²) >= 11 is 0. The fourth-order valence-electron chi connectivity index (χ4n) is 3.70. The Labute approximate surface area is 167 Å². The van der Waals surface area contributed by atoms with E-state index in [4.69, 9.17) is 0 Å². The van der Waals surface area contributed by atoms with Crippen molar-refractivity contribution in [2.24, 2.45) is 0 Å². The van der Waals surface area contributed by atoms with Crippen LogP contribution in [0.2, 0.25) is 0 Å². The lowest BCUT2D eigenvalue weighted by Crippen LogP contribution is -2.39. The van der Waals surface area contributed by atoms with Crippen molar-refractivity contribution >= 4 is 10.0 Å². The number of hydrogen-bond donors (Lipinski definition) is 1. The molecule has 0 amide bonds. The van der Waals surface area contributed by atoms with Gasteiger partial charge in [-0.05, 0) is 51.7 Å². The average molecular weight is 418 g/mol. The average Bonchev–Trinajstić information content (AvgIpc) is 3.33. The van der Waals surface area contributed by atoms with Gasteiger partial charge in [-0.1, -0.05) is 5.16 Å². The second-order valence-corrected chi connectivity index (χ2v) is 9.01. The largest absolute Gasteiger partial charge is 0.363 e. The minimum Gasteiger partial charge on any atom is -0.363 e. The number of aromatic nitrogens is 5. The molecule has 3 aromatic rings. The van der Waals surface area contributed by atoms with Gasteiger partial charge < -0.3 is 4.52 Å². The molecule has 11 heteroatoms. The molecule has 0 saturated heterocycles. The third-order valence-electron chi connectivity index (χ3n) is 5.12. The van der Waals surface area contributed by atoms with Crippen LogP contribution in [0.25, 0.3) is 5.82 Å². The zero-order chi connectivity index (χ0) is 20.6. The first-order valence-electron chi connectivity index (χ1n) is 9.39. The van der Waals surface area contributed by atoms with E-state index in [9.17, 15) is 13.2 Å². The van der Waals surface area contributed by atoms with E-state index in [2.05, 4.69) is 24.6 Å². The molecule has 10 nitrogen and oxygen atoms in total. The first-order chi connectivity index (χ1) is 13.8. The van der Waals surface area contributed by atoms with E-state index in [0.29, 0.717) is 31.5 Å². The van der Waals surface area contributed by atoms with Crippen molar-refractivity contribution in [1.82, 2.24) is 29.4 Å². The molecule has 1 fully saturated rings. The molecule has 0 unspecified atom stereocenters. The highest BCUT2D eigenvalue weighted by molar-refractivity contribution is 7.89. The van der Waals surface area contributed by atoms with Gasteiger partial charge in [-0.2, -0.15) is 5.10 Å². The second-order valence-electron chi connectivity index (χ2n) is 7.30. The van der Waals surface area contributed by atoms with Gasteiger partial charge in [-0.25, -0.2) is 22.5 Å². The van der Waals surface area contributed by atoms with E-state index >= 15 is 0 Å². The molecule has 0 bridgehead atoms. The summed E-state index contributed by atoms with van der Waals surface area (Å²) in [6, 6.07) is 4.82. The minimum atomic E-state index is -3.65. The summed E-state index contributed by atoms with van der Waals surface area (Å²) in [4.78, 5) is 12.4. The number of nitrogens with one attached hydrogen (secondary N) is 1. The third-order valence-corrected chi connectivity index (χ3v) is 6.59. The Bertz CT molecular complexity index is 1160. The molecule has 154 valence electrons. The molecule has 0 aliphatic heterocycles. The van der Waals surface area contributed by atoms with Crippen molar-refractivity contribution in [2.45, 2.75) is 56.5 Å². The normalized spacial score (nSPS) is 20.1. The first kappa shape index (κ1) is 19.5. The molecule has 4 rings (SSSR count). The predicted octanol–water partition coefficient (Wildman–Crippen LogP) is 1.50. The van der Waals surface area contributed by atoms with Gasteiger partial charge in [0.05, 0.1) is 17.9 Å². The van der Waals surface area contributed by atoms with Gasteiger partial charge in [-0.15, -0.1) is 5.10 Å². The van der Waals surface area contributed by atoms with Crippen LogP contribution < -0.4 is 10.3 Å². The van der Waals surface area contributed by atoms with Crippen LogP contribution in [0.15, 0.2) is 44.9 Å². The van der Waals surface area contributed by atoms with Gasteiger partial charge in [0.2, 0.25) is 10.0 Å². The molecule has 29 heavy (non-hydrogen) atoms. The summed E-state index contributed by atoms with van der Waals surface area (Å²) in [6.45, 7) is 3.84. The van der Waals surface area contributed by atoms with Crippen LogP contribution in [-0.4, -0.2) is 39.2 Å². The van der Waals surface area contributed by atoms with Crippen LogP contribution in [0.4, 0.5) is 0 Å². The molecule has 1 aliphatic rings. The van der Waals surface area contributed by atoms with Crippen LogP contribution >= 0.6 is 0 Å². The monoisotopic (exact) mass is 418 g/mol. The van der Waals surface area contributed by atoms with E-state index in [1.165, 1.54) is 16.9 Å². The molecular formula is C18H22N6O4S. The summed E-state index contributed by atoms with van der Waals surface area (Å²) in [5.41, 5.74) is 1.64. The molecule has 0 aromatic carbocycles. The fraction of sp³-hybridized carbons (Fsp3) is 0.444. The van der Waals surface area contributed by atoms with Crippen molar-refractivity contribution < 1.29 is 12.9 Å². The van der Waals surface area contributed by atoms with Crippen molar-refractivity contribution in [3.05, 3.63) is 52.4 Å². The maximum Gasteiger partial charge on any atom is 0.267 e. The van der Waals surface area contributed by atoms with Gasteiger partial charge in [0.25, 0.3) is 5.56 Å². The maximum absolute atomic E-state index is 12.4. The molecule has 3 heterocycles. The summed E-state index contributed by atoms with van der Waals surface area (Å²) in [6.07, 6.45) is 4.76. The van der Waals surface area contributed by atoms with Crippen LogP contribution in [0.1, 0.15) is 43.1 Å². The maximum atomic E-state index is 12.4. The van der Waals surface area contributed by atoms with E-state index in [1.807, 2.05) is 19.9 Å². The molecule has 1 saturated carbocycles. The lowest BCUT2D eigenvalue weighted by molar-refractivity contribution is 0.284. The van der Waals surface area contributed by atoms with Gasteiger partial charge >= 0.3 is 0 Å². The standard InChI is InChI=1S/C18H22N6O4S/c1-12-9-13(2)23(20-12)17-7-8-18(25)24(21-17)15-5-3-14(4-6-15)22-29(26,27)16-10-19-28-11-16/h7-11,14-15,22H,3-6H2,1-2H3. The van der Waals surface area contributed by atoms with Crippen LogP contribution in [0.3, 0.4) is 0 Å². The Balaban J connectivity index is 1.48. The van der Waals surface area contributed by atoms with Crippen molar-refractivity contribution in [3.8, 4) is 5.82 Å². The molecule has 3 aromatic heterocycles. The third kappa shape index (κ3) is 4.01. The summed E-state index contributed by atoms with van der Waals surface area (Å²) < 4.78 is 35.1. The lowest BCUT2D eigenvalue weighted by atomic mass is 9.92. The molecule has 1 aliphatic carbocycles. The van der Waals surface area contributed by atoms with Crippen LogP contribution in [0, 0.1) is 13.8 Å². The lowest BCUT2D eigenvalue weighted by Gasteiger charge is -2.29. The Morgan fingerprint density at radius 3 is 2.52 bits per heavy atom. The highest BCUT2D eigenvalue weighted by Crippen LogP contribution is 2.28. The van der Waals surface area contributed by atoms with Gasteiger partial charge in [0, 0.05) is 17.8 Å². The molecular weight excluding hydrogens is 396 g/mol. The Morgan fingerprint density at radius 2 is 1.90 bits per heavy atom. The van der Waals surface area contributed by atoms with Gasteiger partial charge in [-0.3, -0.25) is 4.79 Å². The van der Waals surface area contributed by atoms with E-state index < -0.39 is 10.0 Å². The minimum absolute atomic E-state index is 0.00935. The highest BCUT2D eigenvalue weighted by atomic mass is 32.2. The highest BCUT2D eigenvalue weighted by Gasteiger charge is 2.28. The summed E-state index contributed by atoms with van der Waals surface area (Å²) in [5, 5.41) is 12.4. The zero-order valence-electron chi connectivity index (χ0n) is 16.1. The zero-order valence-corrected chi connectivity index (χ0v) is 17.0. The topological polar surface area (TPSA) is 125 Å². The molecule has 0 radical (unpaired) electrons. The van der Waals surface area contributed by atoms with E-state index in [0.717, 1.165) is 17.7 Å². The Hall–Kier alpha value is -2.79. The van der Waals surface area contributed by atoms with Crippen LogP contribution in [0.5, 0.6) is 0 Å². The smallest absolute Gasteiger partial charge is 0.267 e. The summed E-state index contributed by atoms with van der Waals surface area (Å²) in [5.74, 6) is 0.588. The quantitative estimate of drug-likeness (QED) is 0.665. The molecule has 1 N–H and O–H groups in total. The van der Waals surface area contributed by atoms with E-state index in [1.54, 1.807) is 10.7 Å². The van der Waals surface area contributed by atoms with E-state index in [-0.39, 0.29) is 22.5 Å². The number of rotatable bonds is 5. The van der Waals surface area contributed by atoms with Gasteiger partial charge in [0.15, 0.2) is 5.82 Å². The van der Waals surface area contributed by atoms with Gasteiger partial charge in [0.1, 0.15) is 11.2 Å². The number of hydrogen-bond acceptors (Lipinski definition) is 7. The number of sulfonamides is 1. The van der Waals surface area contributed by atoms with Crippen LogP contribution in [-0.2, 0) is 10.0 Å². The number of nitrogens with zero attached hydrogens (tertiary/aromatic N) is 5. The Morgan fingerprint density at radius 1 is 1.14 bits per heavy atom. The van der Waals surface area contributed by atoms with Crippen molar-refractivity contribution in [3.63, 3.8) is 0 Å². The second kappa shape index (κ2) is 7.56. The first-order valence-corrected chi connectivity index (χ1v) is 10.9. The van der Waals surface area contributed by atoms with Crippen molar-refractivity contribution in [2.75, 3.05) is 0 Å². The number of aryl methyl sites for hydroxylation is 2. The predicted molar refractivity (Wildman–Crippen MR) is 103 cm³/mol. The fourth-order valence-corrected chi connectivity index (χ4v) is 4.87. The SMILES string of the molecule is Cc1cc(C)n(-c2ccc(=O)n(C3CCC(NS(=O)(=O)c4cnoc4)CC3)n2)n1.